The molecule has 1 aromatic heterocycles. The van der Waals surface area contributed by atoms with Gasteiger partial charge in [-0.15, -0.1) is 0 Å². The van der Waals surface area contributed by atoms with Crippen molar-refractivity contribution in [1.82, 2.24) is 15.1 Å². The van der Waals surface area contributed by atoms with Gasteiger partial charge in [-0.25, -0.2) is 0 Å². The normalized spacial score (nSPS) is 10.4. The first-order valence-corrected chi connectivity index (χ1v) is 9.88. The molecule has 1 heterocycles. The summed E-state index contributed by atoms with van der Waals surface area (Å²) in [5, 5.41) is 9.48. The van der Waals surface area contributed by atoms with Gasteiger partial charge in [-0.3, -0.25) is 14.3 Å². The van der Waals surface area contributed by atoms with Gasteiger partial charge < -0.3 is 15.4 Å². The fraction of sp³-hybridized carbons (Fsp3) is 0.190. The first kappa shape index (κ1) is 20.6. The number of aryl methyl sites for hydroxylation is 1. The van der Waals surface area contributed by atoms with Gasteiger partial charge in [0, 0.05) is 25.4 Å². The maximum Gasteiger partial charge on any atom is 0.273 e. The van der Waals surface area contributed by atoms with Crippen LogP contribution in [0.2, 0.25) is 0 Å². The van der Waals surface area contributed by atoms with Crippen LogP contribution in [0.3, 0.4) is 0 Å². The molecule has 8 heteroatoms. The zero-order valence-corrected chi connectivity index (χ0v) is 17.7. The fourth-order valence-electron chi connectivity index (χ4n) is 2.63. The number of benzene rings is 2. The summed E-state index contributed by atoms with van der Waals surface area (Å²) >= 11 is 3.45. The molecule has 0 aliphatic heterocycles. The third-order valence-corrected chi connectivity index (χ3v) is 4.88. The molecule has 0 fully saturated rings. The van der Waals surface area contributed by atoms with Crippen molar-refractivity contribution in [3.05, 3.63) is 76.0 Å². The van der Waals surface area contributed by atoms with Crippen LogP contribution in [-0.2, 0) is 13.2 Å². The minimum atomic E-state index is -0.355. The minimum Gasteiger partial charge on any atom is -0.488 e. The zero-order valence-electron chi connectivity index (χ0n) is 16.1. The van der Waals surface area contributed by atoms with Crippen molar-refractivity contribution < 1.29 is 14.3 Å². The molecule has 3 aromatic rings. The van der Waals surface area contributed by atoms with E-state index in [1.807, 2.05) is 43.3 Å². The number of nitrogens with zero attached hydrogens (tertiary/aromatic N) is 2. The van der Waals surface area contributed by atoms with Crippen molar-refractivity contribution in [2.24, 2.45) is 0 Å². The topological polar surface area (TPSA) is 85.2 Å². The molecule has 2 N–H and O–H groups in total. The molecular formula is C21H21BrN4O3. The van der Waals surface area contributed by atoms with Gasteiger partial charge in [-0.2, -0.15) is 5.10 Å². The quantitative estimate of drug-likeness (QED) is 0.565. The predicted molar refractivity (Wildman–Crippen MR) is 114 cm³/mol. The Morgan fingerprint density at radius 3 is 2.48 bits per heavy atom. The van der Waals surface area contributed by atoms with Crippen molar-refractivity contribution in [2.75, 3.05) is 12.4 Å². The van der Waals surface area contributed by atoms with Gasteiger partial charge in [0.25, 0.3) is 11.8 Å². The molecule has 0 radical (unpaired) electrons. The molecule has 2 amide bonds. The molecule has 150 valence electrons. The van der Waals surface area contributed by atoms with Crippen LogP contribution >= 0.6 is 15.9 Å². The third-order valence-electron chi connectivity index (χ3n) is 4.22. The SMILES string of the molecule is CCn1cc(NC(=O)c2ccc(COc3ccccc3Br)cc2)c(C(=O)NC)n1. The van der Waals surface area contributed by atoms with E-state index >= 15 is 0 Å². The molecule has 0 unspecified atom stereocenters. The predicted octanol–water partition coefficient (Wildman–Crippen LogP) is 3.86. The number of hydrogen-bond acceptors (Lipinski definition) is 4. The minimum absolute atomic E-state index is 0.182. The Labute approximate surface area is 177 Å². The van der Waals surface area contributed by atoms with E-state index in [0.29, 0.717) is 24.4 Å². The highest BCUT2D eigenvalue weighted by Crippen LogP contribution is 2.24. The number of aromatic nitrogens is 2. The number of amides is 2. The summed E-state index contributed by atoms with van der Waals surface area (Å²) in [5.41, 5.74) is 1.96. The first-order chi connectivity index (χ1) is 14.0. The lowest BCUT2D eigenvalue weighted by Gasteiger charge is -2.09. The van der Waals surface area contributed by atoms with E-state index < -0.39 is 0 Å². The number of carbonyl (C=O) groups excluding carboxylic acids is 2. The lowest BCUT2D eigenvalue weighted by atomic mass is 10.1. The highest BCUT2D eigenvalue weighted by molar-refractivity contribution is 9.10. The molecule has 2 aromatic carbocycles. The van der Waals surface area contributed by atoms with Gasteiger partial charge in [-0.05, 0) is 52.7 Å². The zero-order chi connectivity index (χ0) is 20.8. The third kappa shape index (κ3) is 5.03. The van der Waals surface area contributed by atoms with Gasteiger partial charge in [0.05, 0.1) is 10.2 Å². The molecule has 29 heavy (non-hydrogen) atoms. The van der Waals surface area contributed by atoms with Crippen molar-refractivity contribution in [3.8, 4) is 5.75 Å². The molecule has 0 aliphatic rings. The van der Waals surface area contributed by atoms with Crippen LogP contribution in [-0.4, -0.2) is 28.6 Å². The van der Waals surface area contributed by atoms with E-state index in [-0.39, 0.29) is 17.5 Å². The summed E-state index contributed by atoms with van der Waals surface area (Å²) in [6, 6.07) is 14.7. The number of ether oxygens (including phenoxy) is 1. The molecule has 0 saturated carbocycles. The molecule has 7 nitrogen and oxygen atoms in total. The van der Waals surface area contributed by atoms with Gasteiger partial charge in [0.15, 0.2) is 5.69 Å². The maximum atomic E-state index is 12.6. The number of para-hydroxylation sites is 1. The van der Waals surface area contributed by atoms with E-state index in [1.165, 1.54) is 7.05 Å². The van der Waals surface area contributed by atoms with Crippen molar-refractivity contribution in [1.29, 1.82) is 0 Å². The summed E-state index contributed by atoms with van der Waals surface area (Å²) in [6.07, 6.45) is 1.64. The number of anilines is 1. The Kier molecular flexibility index (Phi) is 6.66. The van der Waals surface area contributed by atoms with E-state index in [0.717, 1.165) is 15.8 Å². The van der Waals surface area contributed by atoms with Crippen LogP contribution in [0, 0.1) is 0 Å². The lowest BCUT2D eigenvalue weighted by Crippen LogP contribution is -2.21. The maximum absolute atomic E-state index is 12.6. The van der Waals surface area contributed by atoms with Gasteiger partial charge in [0.2, 0.25) is 0 Å². The van der Waals surface area contributed by atoms with Gasteiger partial charge >= 0.3 is 0 Å². The van der Waals surface area contributed by atoms with Gasteiger partial charge in [-0.1, -0.05) is 24.3 Å². The summed E-state index contributed by atoms with van der Waals surface area (Å²) < 4.78 is 8.27. The number of rotatable bonds is 7. The molecular weight excluding hydrogens is 436 g/mol. The average molecular weight is 457 g/mol. The second-order valence-corrected chi connectivity index (χ2v) is 7.05. The van der Waals surface area contributed by atoms with Crippen LogP contribution in [0.5, 0.6) is 5.75 Å². The smallest absolute Gasteiger partial charge is 0.273 e. The standard InChI is InChI=1S/C21H21BrN4O3/c1-3-26-12-17(19(25-26)21(28)23-2)24-20(27)15-10-8-14(9-11-15)13-29-18-7-5-4-6-16(18)22/h4-12H,3,13H2,1-2H3,(H,23,28)(H,24,27). The molecule has 0 saturated heterocycles. The number of nitrogens with one attached hydrogen (secondary N) is 2. The average Bonchev–Trinajstić information content (AvgIpc) is 3.15. The van der Waals surface area contributed by atoms with Crippen LogP contribution in [0.4, 0.5) is 5.69 Å². The Hall–Kier alpha value is -3.13. The molecule has 0 bridgehead atoms. The Morgan fingerprint density at radius 2 is 1.83 bits per heavy atom. The second-order valence-electron chi connectivity index (χ2n) is 6.20. The monoisotopic (exact) mass is 456 g/mol. The molecule has 0 spiro atoms. The van der Waals surface area contributed by atoms with Crippen LogP contribution in [0.15, 0.2) is 59.2 Å². The highest BCUT2D eigenvalue weighted by atomic mass is 79.9. The fourth-order valence-corrected chi connectivity index (χ4v) is 3.03. The molecule has 0 atom stereocenters. The lowest BCUT2D eigenvalue weighted by molar-refractivity contribution is 0.0958. The van der Waals surface area contributed by atoms with Gasteiger partial charge in [0.1, 0.15) is 12.4 Å². The second kappa shape index (κ2) is 9.38. The number of carbonyl (C=O) groups is 2. The molecule has 0 aliphatic carbocycles. The van der Waals surface area contributed by atoms with E-state index in [1.54, 1.807) is 23.0 Å². The molecule has 3 rings (SSSR count). The summed E-state index contributed by atoms with van der Waals surface area (Å²) in [6.45, 7) is 2.88. The van der Waals surface area contributed by atoms with Crippen molar-refractivity contribution in [2.45, 2.75) is 20.1 Å². The number of hydrogen-bond donors (Lipinski definition) is 2. The first-order valence-electron chi connectivity index (χ1n) is 9.09. The van der Waals surface area contributed by atoms with Crippen LogP contribution < -0.4 is 15.4 Å². The summed E-state index contributed by atoms with van der Waals surface area (Å²) in [7, 11) is 1.52. The van der Waals surface area contributed by atoms with Crippen LogP contribution in [0.25, 0.3) is 0 Å². The van der Waals surface area contributed by atoms with Crippen molar-refractivity contribution >= 4 is 33.4 Å². The van der Waals surface area contributed by atoms with E-state index in [4.69, 9.17) is 4.74 Å². The van der Waals surface area contributed by atoms with Crippen molar-refractivity contribution in [3.63, 3.8) is 0 Å². The summed E-state index contributed by atoms with van der Waals surface area (Å²) in [4.78, 5) is 24.6. The van der Waals surface area contributed by atoms with Crippen LogP contribution in [0.1, 0.15) is 33.3 Å². The largest absolute Gasteiger partial charge is 0.488 e. The highest BCUT2D eigenvalue weighted by Gasteiger charge is 2.18. The Balaban J connectivity index is 1.67. The Bertz CT molecular complexity index is 1020. The van der Waals surface area contributed by atoms with E-state index in [9.17, 15) is 9.59 Å². The summed E-state index contributed by atoms with van der Waals surface area (Å²) in [5.74, 6) is 0.0835. The number of halogens is 1. The van der Waals surface area contributed by atoms with E-state index in [2.05, 4.69) is 31.7 Å². The Morgan fingerprint density at radius 1 is 1.10 bits per heavy atom.